The Bertz CT molecular complexity index is 350. The molecule has 0 atom stereocenters. The summed E-state index contributed by atoms with van der Waals surface area (Å²) in [6.45, 7) is 2.10. The number of carbonyl (C=O) groups is 1. The molecule has 1 aromatic rings. The molecule has 0 aromatic heterocycles. The third-order valence-corrected chi connectivity index (χ3v) is 3.48. The fourth-order valence-corrected chi connectivity index (χ4v) is 2.38. The van der Waals surface area contributed by atoms with E-state index in [-0.39, 0.29) is 11.6 Å². The van der Waals surface area contributed by atoms with E-state index in [9.17, 15) is 4.79 Å². The Labute approximate surface area is 96.6 Å². The van der Waals surface area contributed by atoms with Gasteiger partial charge >= 0.3 is 5.97 Å². The lowest BCUT2D eigenvalue weighted by molar-refractivity contribution is -0.0172. The molecular weight excluding hydrogens is 200 g/mol. The molecule has 1 aliphatic carbocycles. The van der Waals surface area contributed by atoms with Gasteiger partial charge in [0.05, 0.1) is 5.56 Å². The lowest BCUT2D eigenvalue weighted by Crippen LogP contribution is -2.31. The van der Waals surface area contributed by atoms with E-state index in [0.29, 0.717) is 5.56 Å². The van der Waals surface area contributed by atoms with Gasteiger partial charge in [0, 0.05) is 0 Å². The number of ether oxygens (including phenoxy) is 1. The fraction of sp³-hybridized carbons (Fsp3) is 0.500. The maximum absolute atomic E-state index is 11.9. The van der Waals surface area contributed by atoms with Crippen LogP contribution in [0.15, 0.2) is 30.3 Å². The van der Waals surface area contributed by atoms with E-state index in [1.165, 1.54) is 12.8 Å². The first kappa shape index (κ1) is 11.2. The number of hydrogen-bond acceptors (Lipinski definition) is 2. The molecule has 0 saturated heterocycles. The van der Waals surface area contributed by atoms with Crippen LogP contribution in [-0.4, -0.2) is 11.6 Å². The van der Waals surface area contributed by atoms with E-state index in [2.05, 4.69) is 6.92 Å². The van der Waals surface area contributed by atoms with Crippen molar-refractivity contribution in [3.05, 3.63) is 35.9 Å². The van der Waals surface area contributed by atoms with Crippen molar-refractivity contribution in [3.63, 3.8) is 0 Å². The van der Waals surface area contributed by atoms with Crippen LogP contribution in [-0.2, 0) is 4.74 Å². The lowest BCUT2D eigenvalue weighted by atomic mass is 9.99. The van der Waals surface area contributed by atoms with Crippen molar-refractivity contribution < 1.29 is 9.53 Å². The van der Waals surface area contributed by atoms with Crippen LogP contribution in [0, 0.1) is 0 Å². The molecule has 0 bridgehead atoms. The largest absolute Gasteiger partial charge is 0.455 e. The average molecular weight is 218 g/mol. The summed E-state index contributed by atoms with van der Waals surface area (Å²) < 4.78 is 5.70. The molecule has 0 aliphatic heterocycles. The standard InChI is InChI=1S/C14H18O2/c1-2-14(10-6-7-11-14)16-13(15)12-8-4-3-5-9-12/h3-5,8-9H,2,6-7,10-11H2,1H3. The molecule has 0 amide bonds. The first-order chi connectivity index (χ1) is 7.76. The van der Waals surface area contributed by atoms with Gasteiger partial charge in [0.15, 0.2) is 0 Å². The van der Waals surface area contributed by atoms with Crippen LogP contribution in [0.3, 0.4) is 0 Å². The second kappa shape index (κ2) is 4.69. The number of carbonyl (C=O) groups excluding carboxylic acids is 1. The van der Waals surface area contributed by atoms with Gasteiger partial charge in [0.1, 0.15) is 5.60 Å². The van der Waals surface area contributed by atoms with Gasteiger partial charge in [-0.25, -0.2) is 4.79 Å². The molecule has 0 heterocycles. The number of hydrogen-bond donors (Lipinski definition) is 0. The predicted molar refractivity (Wildman–Crippen MR) is 63.3 cm³/mol. The first-order valence-electron chi connectivity index (χ1n) is 6.04. The minimum absolute atomic E-state index is 0.177. The molecule has 2 heteroatoms. The van der Waals surface area contributed by atoms with Crippen LogP contribution in [0.4, 0.5) is 0 Å². The van der Waals surface area contributed by atoms with Crippen LogP contribution in [0.25, 0.3) is 0 Å². The molecule has 2 rings (SSSR count). The molecule has 1 fully saturated rings. The van der Waals surface area contributed by atoms with Crippen molar-refractivity contribution >= 4 is 5.97 Å². The molecular formula is C14H18O2. The Morgan fingerprint density at radius 3 is 2.44 bits per heavy atom. The van der Waals surface area contributed by atoms with E-state index in [1.807, 2.05) is 18.2 Å². The van der Waals surface area contributed by atoms with Crippen LogP contribution in [0.2, 0.25) is 0 Å². The SMILES string of the molecule is CCC1(OC(=O)c2ccccc2)CCCC1. The van der Waals surface area contributed by atoms with Crippen LogP contribution < -0.4 is 0 Å². The van der Waals surface area contributed by atoms with E-state index in [0.717, 1.165) is 19.3 Å². The minimum atomic E-state index is -0.188. The van der Waals surface area contributed by atoms with Gasteiger partial charge in [-0.3, -0.25) is 0 Å². The summed E-state index contributed by atoms with van der Waals surface area (Å²) in [4.78, 5) is 11.9. The molecule has 1 saturated carbocycles. The summed E-state index contributed by atoms with van der Waals surface area (Å²) in [5, 5.41) is 0. The zero-order chi connectivity index (χ0) is 11.4. The van der Waals surface area contributed by atoms with Gasteiger partial charge in [-0.15, -0.1) is 0 Å². The summed E-state index contributed by atoms with van der Waals surface area (Å²) in [5.74, 6) is -0.177. The second-order valence-corrected chi connectivity index (χ2v) is 4.50. The summed E-state index contributed by atoms with van der Waals surface area (Å²) in [6.07, 6.45) is 5.31. The predicted octanol–water partition coefficient (Wildman–Crippen LogP) is 3.57. The number of rotatable bonds is 3. The first-order valence-corrected chi connectivity index (χ1v) is 6.04. The third kappa shape index (κ3) is 2.26. The minimum Gasteiger partial charge on any atom is -0.455 e. The van der Waals surface area contributed by atoms with Gasteiger partial charge in [0.2, 0.25) is 0 Å². The van der Waals surface area contributed by atoms with E-state index in [1.54, 1.807) is 12.1 Å². The summed E-state index contributed by atoms with van der Waals surface area (Å²) in [6, 6.07) is 9.25. The van der Waals surface area contributed by atoms with E-state index >= 15 is 0 Å². The van der Waals surface area contributed by atoms with E-state index < -0.39 is 0 Å². The van der Waals surface area contributed by atoms with Crippen LogP contribution >= 0.6 is 0 Å². The third-order valence-electron chi connectivity index (χ3n) is 3.48. The highest BCUT2D eigenvalue weighted by Crippen LogP contribution is 2.36. The Morgan fingerprint density at radius 2 is 1.88 bits per heavy atom. The lowest BCUT2D eigenvalue weighted by Gasteiger charge is -2.27. The van der Waals surface area contributed by atoms with Crippen molar-refractivity contribution in [1.82, 2.24) is 0 Å². The van der Waals surface area contributed by atoms with Crippen molar-refractivity contribution in [3.8, 4) is 0 Å². The Hall–Kier alpha value is -1.31. The van der Waals surface area contributed by atoms with Gasteiger partial charge in [-0.2, -0.15) is 0 Å². The summed E-state index contributed by atoms with van der Waals surface area (Å²) in [7, 11) is 0. The highest BCUT2D eigenvalue weighted by molar-refractivity contribution is 5.89. The van der Waals surface area contributed by atoms with E-state index in [4.69, 9.17) is 4.74 Å². The highest BCUT2D eigenvalue weighted by Gasteiger charge is 2.35. The van der Waals surface area contributed by atoms with Crippen molar-refractivity contribution in [1.29, 1.82) is 0 Å². The van der Waals surface area contributed by atoms with Gasteiger partial charge in [-0.05, 0) is 44.2 Å². The Morgan fingerprint density at radius 1 is 1.25 bits per heavy atom. The quantitative estimate of drug-likeness (QED) is 0.725. The maximum Gasteiger partial charge on any atom is 0.338 e. The maximum atomic E-state index is 11.9. The monoisotopic (exact) mass is 218 g/mol. The Kier molecular flexibility index (Phi) is 3.28. The normalized spacial score (nSPS) is 18.3. The molecule has 0 spiro atoms. The second-order valence-electron chi connectivity index (χ2n) is 4.50. The van der Waals surface area contributed by atoms with Crippen molar-refractivity contribution in [2.45, 2.75) is 44.6 Å². The van der Waals surface area contributed by atoms with Gasteiger partial charge in [-0.1, -0.05) is 25.1 Å². The van der Waals surface area contributed by atoms with Crippen molar-refractivity contribution in [2.24, 2.45) is 0 Å². The molecule has 0 radical (unpaired) electrons. The molecule has 2 nitrogen and oxygen atoms in total. The molecule has 0 unspecified atom stereocenters. The van der Waals surface area contributed by atoms with Crippen molar-refractivity contribution in [2.75, 3.05) is 0 Å². The fourth-order valence-electron chi connectivity index (χ4n) is 2.38. The molecule has 1 aliphatic rings. The Balaban J connectivity index is 2.07. The number of esters is 1. The summed E-state index contributed by atoms with van der Waals surface area (Å²) in [5.41, 5.74) is 0.467. The zero-order valence-electron chi connectivity index (χ0n) is 9.74. The number of benzene rings is 1. The van der Waals surface area contributed by atoms with Crippen LogP contribution in [0.1, 0.15) is 49.4 Å². The van der Waals surface area contributed by atoms with Crippen LogP contribution in [0.5, 0.6) is 0 Å². The molecule has 86 valence electrons. The van der Waals surface area contributed by atoms with Gasteiger partial charge < -0.3 is 4.74 Å². The summed E-state index contributed by atoms with van der Waals surface area (Å²) >= 11 is 0. The molecule has 1 aromatic carbocycles. The topological polar surface area (TPSA) is 26.3 Å². The zero-order valence-corrected chi connectivity index (χ0v) is 9.74. The molecule has 0 N–H and O–H groups in total. The smallest absolute Gasteiger partial charge is 0.338 e. The average Bonchev–Trinajstić information content (AvgIpc) is 2.79. The van der Waals surface area contributed by atoms with Gasteiger partial charge in [0.25, 0.3) is 0 Å². The molecule has 16 heavy (non-hydrogen) atoms. The highest BCUT2D eigenvalue weighted by atomic mass is 16.6.